The Labute approximate surface area is 225 Å². The first-order valence-corrected chi connectivity index (χ1v) is 16.2. The summed E-state index contributed by atoms with van der Waals surface area (Å²) in [4.78, 5) is 10.8. The third-order valence-corrected chi connectivity index (χ3v) is 9.02. The zero-order valence-electron chi connectivity index (χ0n) is 23.6. The quantitative estimate of drug-likeness (QED) is 0.0828. The zero-order chi connectivity index (χ0) is 27.2. The van der Waals surface area contributed by atoms with Gasteiger partial charge in [-0.25, -0.2) is 4.79 Å². The molecule has 0 saturated heterocycles. The van der Waals surface area contributed by atoms with Gasteiger partial charge in [-0.3, -0.25) is 0 Å². The van der Waals surface area contributed by atoms with Gasteiger partial charge in [-0.15, -0.1) is 0 Å². The van der Waals surface area contributed by atoms with E-state index in [1.54, 1.807) is 6.08 Å². The summed E-state index contributed by atoms with van der Waals surface area (Å²) < 4.78 is 29.8. The number of ether oxygens (including phenoxy) is 2. The highest BCUT2D eigenvalue weighted by atomic mass is 28.4. The fraction of sp³-hybridized carbons (Fsp3) is 0.690. The molecule has 0 aliphatic rings. The molecule has 0 fully saturated rings. The monoisotopic (exact) mass is 538 g/mol. The molecule has 0 aliphatic carbocycles. The van der Waals surface area contributed by atoms with E-state index in [1.807, 2.05) is 39.0 Å². The molecule has 212 valence electrons. The largest absolute Gasteiger partial charge is 0.500 e. The van der Waals surface area contributed by atoms with Crippen molar-refractivity contribution in [3.8, 4) is 11.5 Å². The summed E-state index contributed by atoms with van der Waals surface area (Å²) in [6.07, 6.45) is 13.8. The molecule has 8 heteroatoms. The van der Waals surface area contributed by atoms with E-state index in [1.165, 1.54) is 19.3 Å². The van der Waals surface area contributed by atoms with Crippen LogP contribution >= 0.6 is 0 Å². The minimum Gasteiger partial charge on any atom is -0.490 e. The maximum absolute atomic E-state index is 10.8. The Morgan fingerprint density at radius 3 is 1.86 bits per heavy atom. The van der Waals surface area contributed by atoms with Crippen molar-refractivity contribution in [3.63, 3.8) is 0 Å². The van der Waals surface area contributed by atoms with Crippen LogP contribution in [0.5, 0.6) is 11.5 Å². The van der Waals surface area contributed by atoms with Crippen LogP contribution in [0.4, 0.5) is 0 Å². The van der Waals surface area contributed by atoms with Gasteiger partial charge in [-0.1, -0.05) is 57.9 Å². The Hall–Kier alpha value is -1.87. The minimum atomic E-state index is -2.52. The Bertz CT molecular complexity index is 737. The van der Waals surface area contributed by atoms with Crippen molar-refractivity contribution in [1.82, 2.24) is 0 Å². The maximum Gasteiger partial charge on any atom is 0.500 e. The summed E-state index contributed by atoms with van der Waals surface area (Å²) in [6, 6.07) is 6.46. The van der Waals surface area contributed by atoms with Gasteiger partial charge < -0.3 is 27.9 Å². The number of hydrogen-bond acceptors (Lipinski definition) is 6. The van der Waals surface area contributed by atoms with Crippen LogP contribution in [0.1, 0.15) is 97.5 Å². The second kappa shape index (κ2) is 21.1. The first kappa shape index (κ1) is 33.2. The van der Waals surface area contributed by atoms with Crippen LogP contribution in [-0.2, 0) is 18.1 Å². The fourth-order valence-electron chi connectivity index (χ4n) is 4.07. The van der Waals surface area contributed by atoms with Gasteiger partial charge in [0.15, 0.2) is 11.5 Å². The summed E-state index contributed by atoms with van der Waals surface area (Å²) in [7, 11) is -2.52. The average Bonchev–Trinajstić information content (AvgIpc) is 2.87. The molecule has 0 saturated carbocycles. The lowest BCUT2D eigenvalue weighted by molar-refractivity contribution is -0.131. The molecule has 0 atom stereocenters. The Balaban J connectivity index is 2.42. The van der Waals surface area contributed by atoms with Crippen LogP contribution in [0, 0.1) is 0 Å². The lowest BCUT2D eigenvalue weighted by atomic mass is 10.1. The van der Waals surface area contributed by atoms with Crippen LogP contribution in [0.2, 0.25) is 6.04 Å². The predicted octanol–water partition coefficient (Wildman–Crippen LogP) is 7.51. The van der Waals surface area contributed by atoms with Crippen molar-refractivity contribution < 1.29 is 32.7 Å². The molecular weight excluding hydrogens is 488 g/mol. The van der Waals surface area contributed by atoms with Crippen molar-refractivity contribution >= 4 is 20.8 Å². The van der Waals surface area contributed by atoms with Crippen LogP contribution in [0.3, 0.4) is 0 Å². The van der Waals surface area contributed by atoms with Gasteiger partial charge in [0, 0.05) is 31.9 Å². The Morgan fingerprint density at radius 2 is 1.30 bits per heavy atom. The molecule has 1 N–H and O–H groups in total. The standard InChI is InChI=1S/C29H50O7Si/c1-5-9-10-15-23-33-28-25-26(19-21-29(30)31)18-20-27(28)32-22-16-13-11-12-14-17-24-37(34-6-2,35-7-3)36-8-4/h18-21,25H,5-17,22-24H2,1-4H3,(H,30,31). The van der Waals surface area contributed by atoms with Crippen molar-refractivity contribution in [2.45, 2.75) is 97.9 Å². The third-order valence-electron chi connectivity index (χ3n) is 5.87. The van der Waals surface area contributed by atoms with Crippen molar-refractivity contribution in [1.29, 1.82) is 0 Å². The fourth-order valence-corrected chi connectivity index (χ4v) is 6.76. The number of rotatable bonds is 24. The van der Waals surface area contributed by atoms with E-state index >= 15 is 0 Å². The number of hydrogen-bond donors (Lipinski definition) is 1. The van der Waals surface area contributed by atoms with E-state index in [2.05, 4.69) is 6.92 Å². The minimum absolute atomic E-state index is 0.625. The molecule has 1 aromatic rings. The van der Waals surface area contributed by atoms with Crippen molar-refractivity contribution in [2.75, 3.05) is 33.0 Å². The van der Waals surface area contributed by atoms with E-state index in [4.69, 9.17) is 27.9 Å². The highest BCUT2D eigenvalue weighted by molar-refractivity contribution is 6.60. The van der Waals surface area contributed by atoms with Gasteiger partial charge >= 0.3 is 14.8 Å². The van der Waals surface area contributed by atoms with Crippen molar-refractivity contribution in [2.24, 2.45) is 0 Å². The molecule has 0 aromatic heterocycles. The van der Waals surface area contributed by atoms with Crippen LogP contribution < -0.4 is 9.47 Å². The van der Waals surface area contributed by atoms with Gasteiger partial charge in [0.1, 0.15) is 0 Å². The van der Waals surface area contributed by atoms with Gasteiger partial charge in [-0.2, -0.15) is 0 Å². The number of benzene rings is 1. The molecule has 0 heterocycles. The molecule has 1 aromatic carbocycles. The molecule has 0 aliphatic heterocycles. The molecule has 1 rings (SSSR count). The van der Waals surface area contributed by atoms with Gasteiger partial charge in [0.05, 0.1) is 13.2 Å². The second-order valence-electron chi connectivity index (χ2n) is 8.99. The summed E-state index contributed by atoms with van der Waals surface area (Å²) in [5.41, 5.74) is 0.781. The first-order chi connectivity index (χ1) is 18.0. The molecule has 0 spiro atoms. The van der Waals surface area contributed by atoms with E-state index in [0.29, 0.717) is 44.5 Å². The van der Waals surface area contributed by atoms with Crippen LogP contribution in [0.15, 0.2) is 24.3 Å². The molecule has 7 nitrogen and oxygen atoms in total. The molecule has 0 bridgehead atoms. The van der Waals surface area contributed by atoms with Gasteiger partial charge in [-0.05, 0) is 63.8 Å². The molecular formula is C29H50O7Si. The Kier molecular flexibility index (Phi) is 18.9. The summed E-state index contributed by atoms with van der Waals surface area (Å²) >= 11 is 0. The predicted molar refractivity (Wildman–Crippen MR) is 151 cm³/mol. The Morgan fingerprint density at radius 1 is 0.757 bits per heavy atom. The van der Waals surface area contributed by atoms with E-state index in [9.17, 15) is 4.79 Å². The number of carboxylic acid groups (broad SMARTS) is 1. The first-order valence-electron chi connectivity index (χ1n) is 14.2. The van der Waals surface area contributed by atoms with E-state index < -0.39 is 14.8 Å². The number of aliphatic carboxylic acids is 1. The van der Waals surface area contributed by atoms with E-state index in [0.717, 1.165) is 62.6 Å². The summed E-state index contributed by atoms with van der Waals surface area (Å²) in [5.74, 6) is 0.420. The normalized spacial score (nSPS) is 11.8. The average molecular weight is 539 g/mol. The maximum atomic E-state index is 10.8. The van der Waals surface area contributed by atoms with Crippen LogP contribution in [-0.4, -0.2) is 52.9 Å². The summed E-state index contributed by atoms with van der Waals surface area (Å²) in [6.45, 7) is 11.3. The highest BCUT2D eigenvalue weighted by Gasteiger charge is 2.39. The number of carbonyl (C=O) groups is 1. The van der Waals surface area contributed by atoms with E-state index in [-0.39, 0.29) is 0 Å². The van der Waals surface area contributed by atoms with Gasteiger partial charge in [0.2, 0.25) is 0 Å². The van der Waals surface area contributed by atoms with Gasteiger partial charge in [0.25, 0.3) is 0 Å². The lowest BCUT2D eigenvalue weighted by Crippen LogP contribution is -2.45. The highest BCUT2D eigenvalue weighted by Crippen LogP contribution is 2.30. The van der Waals surface area contributed by atoms with Crippen molar-refractivity contribution in [3.05, 3.63) is 29.8 Å². The molecule has 0 unspecified atom stereocenters. The SMILES string of the molecule is CCCCCCOc1cc(C=CC(=O)O)ccc1OCCCCCCCC[Si](OCC)(OCC)OCC. The topological polar surface area (TPSA) is 83.5 Å². The second-order valence-corrected chi connectivity index (χ2v) is 11.7. The molecule has 37 heavy (non-hydrogen) atoms. The molecule has 0 amide bonds. The number of unbranched alkanes of at least 4 members (excludes halogenated alkanes) is 8. The van der Waals surface area contributed by atoms with Crippen LogP contribution in [0.25, 0.3) is 6.08 Å². The number of carboxylic acids is 1. The smallest absolute Gasteiger partial charge is 0.490 e. The molecule has 0 radical (unpaired) electrons. The zero-order valence-corrected chi connectivity index (χ0v) is 24.6. The lowest BCUT2D eigenvalue weighted by Gasteiger charge is -2.28. The third kappa shape index (κ3) is 15.2. The summed E-state index contributed by atoms with van der Waals surface area (Å²) in [5, 5.41) is 8.90.